The fourth-order valence-electron chi connectivity index (χ4n) is 1.93. The SMILES string of the molecule is CC(c1ccccc1F)N(C)C(=O)n1cc[n+](C)c1. The summed E-state index contributed by atoms with van der Waals surface area (Å²) in [7, 11) is 3.50. The molecule has 0 bridgehead atoms. The van der Waals surface area contributed by atoms with Crippen LogP contribution >= 0.6 is 0 Å². The van der Waals surface area contributed by atoms with Crippen LogP contribution in [-0.4, -0.2) is 22.5 Å². The van der Waals surface area contributed by atoms with Gasteiger partial charge in [-0.05, 0) is 13.0 Å². The molecule has 0 N–H and O–H groups in total. The molecular weight excluding hydrogens is 245 g/mol. The first-order chi connectivity index (χ1) is 9.00. The number of hydrogen-bond donors (Lipinski definition) is 0. The second-order valence-corrected chi connectivity index (χ2v) is 4.58. The molecule has 0 radical (unpaired) electrons. The van der Waals surface area contributed by atoms with Gasteiger partial charge in [-0.25, -0.2) is 13.8 Å². The quantitative estimate of drug-likeness (QED) is 0.762. The van der Waals surface area contributed by atoms with Gasteiger partial charge < -0.3 is 4.90 Å². The molecule has 0 aliphatic rings. The van der Waals surface area contributed by atoms with Crippen molar-refractivity contribution in [2.45, 2.75) is 13.0 Å². The summed E-state index contributed by atoms with van der Waals surface area (Å²) in [6.45, 7) is 1.81. The molecule has 2 rings (SSSR count). The molecule has 5 heteroatoms. The van der Waals surface area contributed by atoms with E-state index in [1.165, 1.54) is 15.5 Å². The van der Waals surface area contributed by atoms with Crippen molar-refractivity contribution in [1.82, 2.24) is 9.47 Å². The Labute approximate surface area is 111 Å². The lowest BCUT2D eigenvalue weighted by molar-refractivity contribution is -0.670. The normalized spacial score (nSPS) is 12.2. The number of benzene rings is 1. The van der Waals surface area contributed by atoms with E-state index in [1.54, 1.807) is 55.5 Å². The van der Waals surface area contributed by atoms with Gasteiger partial charge in [-0.15, -0.1) is 0 Å². The van der Waals surface area contributed by atoms with Crippen LogP contribution in [0.1, 0.15) is 18.5 Å². The average molecular weight is 262 g/mol. The second kappa shape index (κ2) is 5.22. The largest absolute Gasteiger partial charge is 0.416 e. The van der Waals surface area contributed by atoms with E-state index in [0.717, 1.165) is 0 Å². The van der Waals surface area contributed by atoms with E-state index in [-0.39, 0.29) is 17.9 Å². The number of halogens is 1. The number of rotatable bonds is 2. The lowest BCUT2D eigenvalue weighted by Gasteiger charge is -2.23. The molecule has 1 amide bonds. The summed E-state index contributed by atoms with van der Waals surface area (Å²) in [5.74, 6) is -0.298. The summed E-state index contributed by atoms with van der Waals surface area (Å²) in [6, 6.07) is 5.97. The first-order valence-electron chi connectivity index (χ1n) is 6.05. The Hall–Kier alpha value is -2.17. The van der Waals surface area contributed by atoms with Gasteiger partial charge in [0.05, 0.1) is 13.1 Å². The topological polar surface area (TPSA) is 29.1 Å². The molecular formula is C14H17FN3O+. The molecule has 0 saturated carbocycles. The monoisotopic (exact) mass is 262 g/mol. The van der Waals surface area contributed by atoms with Crippen LogP contribution in [0.15, 0.2) is 43.0 Å². The Balaban J connectivity index is 2.22. The molecule has 0 spiro atoms. The van der Waals surface area contributed by atoms with E-state index < -0.39 is 0 Å². The molecule has 1 atom stereocenters. The highest BCUT2D eigenvalue weighted by Gasteiger charge is 2.24. The van der Waals surface area contributed by atoms with Crippen molar-refractivity contribution in [2.75, 3.05) is 7.05 Å². The van der Waals surface area contributed by atoms with Gasteiger partial charge in [0.1, 0.15) is 18.2 Å². The zero-order valence-corrected chi connectivity index (χ0v) is 11.2. The average Bonchev–Trinajstić information content (AvgIpc) is 2.83. The van der Waals surface area contributed by atoms with E-state index in [4.69, 9.17) is 0 Å². The summed E-state index contributed by atoms with van der Waals surface area (Å²) in [5, 5.41) is 0. The van der Waals surface area contributed by atoms with Crippen molar-refractivity contribution in [2.24, 2.45) is 7.05 Å². The van der Waals surface area contributed by atoms with Crippen molar-refractivity contribution in [3.05, 3.63) is 54.4 Å². The lowest BCUT2D eigenvalue weighted by Crippen LogP contribution is -2.34. The maximum atomic E-state index is 13.7. The Kier molecular flexibility index (Phi) is 3.64. The van der Waals surface area contributed by atoms with Crippen molar-refractivity contribution in [3.63, 3.8) is 0 Å². The van der Waals surface area contributed by atoms with E-state index in [9.17, 15) is 9.18 Å². The standard InChI is InChI=1S/C14H17FN3O/c1-11(12-6-4-5-7-13(12)15)17(3)14(19)18-9-8-16(2)10-18/h4-11H,1-3H3/q+1. The molecule has 4 nitrogen and oxygen atoms in total. The molecule has 1 heterocycles. The molecule has 2 aromatic rings. The first kappa shape index (κ1) is 13.3. The van der Waals surface area contributed by atoms with Gasteiger partial charge in [-0.1, -0.05) is 18.2 Å². The van der Waals surface area contributed by atoms with Crippen molar-refractivity contribution in [1.29, 1.82) is 0 Å². The number of amides is 1. The van der Waals surface area contributed by atoms with Gasteiger partial charge in [0, 0.05) is 12.6 Å². The second-order valence-electron chi connectivity index (χ2n) is 4.58. The van der Waals surface area contributed by atoms with E-state index >= 15 is 0 Å². The Morgan fingerprint density at radius 2 is 2.11 bits per heavy atom. The lowest BCUT2D eigenvalue weighted by atomic mass is 10.1. The zero-order chi connectivity index (χ0) is 14.0. The van der Waals surface area contributed by atoms with Crippen LogP contribution in [0.2, 0.25) is 0 Å². The maximum Gasteiger partial charge on any atom is 0.416 e. The summed E-state index contributed by atoms with van der Waals surface area (Å²) in [4.78, 5) is 13.7. The molecule has 0 fully saturated rings. The van der Waals surface area contributed by atoms with Crippen molar-refractivity contribution < 1.29 is 13.8 Å². The first-order valence-corrected chi connectivity index (χ1v) is 6.05. The van der Waals surface area contributed by atoms with Crippen molar-refractivity contribution >= 4 is 6.03 Å². The smallest absolute Gasteiger partial charge is 0.301 e. The van der Waals surface area contributed by atoms with E-state index in [1.807, 2.05) is 7.05 Å². The maximum absolute atomic E-state index is 13.7. The number of imidazole rings is 1. The highest BCUT2D eigenvalue weighted by Crippen LogP contribution is 2.21. The summed E-state index contributed by atoms with van der Waals surface area (Å²) in [6.07, 6.45) is 5.12. The Morgan fingerprint density at radius 3 is 2.68 bits per heavy atom. The predicted octanol–water partition coefficient (Wildman–Crippen LogP) is 2.11. The fourth-order valence-corrected chi connectivity index (χ4v) is 1.93. The molecule has 0 saturated heterocycles. The third-order valence-electron chi connectivity index (χ3n) is 3.23. The highest BCUT2D eigenvalue weighted by atomic mass is 19.1. The Bertz CT molecular complexity index is 594. The van der Waals surface area contributed by atoms with Gasteiger partial charge >= 0.3 is 6.03 Å². The summed E-state index contributed by atoms with van der Waals surface area (Å²) in [5.41, 5.74) is 0.509. The third kappa shape index (κ3) is 2.65. The van der Waals surface area contributed by atoms with Crippen LogP contribution in [0.25, 0.3) is 0 Å². The minimum absolute atomic E-state index is 0.198. The summed E-state index contributed by atoms with van der Waals surface area (Å²) >= 11 is 0. The summed E-state index contributed by atoms with van der Waals surface area (Å²) < 4.78 is 17.0. The number of hydrogen-bond acceptors (Lipinski definition) is 1. The van der Waals surface area contributed by atoms with Crippen LogP contribution < -0.4 is 4.57 Å². The van der Waals surface area contributed by atoms with Gasteiger partial charge in [-0.3, -0.25) is 0 Å². The predicted molar refractivity (Wildman–Crippen MR) is 69.0 cm³/mol. The van der Waals surface area contributed by atoms with Gasteiger partial charge in [-0.2, -0.15) is 4.57 Å². The molecule has 0 aliphatic carbocycles. The van der Waals surface area contributed by atoms with Crippen molar-refractivity contribution in [3.8, 4) is 0 Å². The molecule has 1 aromatic heterocycles. The number of aromatic nitrogens is 2. The molecule has 1 aromatic carbocycles. The van der Waals surface area contributed by atoms with Crippen LogP contribution in [0.3, 0.4) is 0 Å². The number of carbonyl (C=O) groups is 1. The highest BCUT2D eigenvalue weighted by molar-refractivity contribution is 5.76. The fraction of sp³-hybridized carbons (Fsp3) is 0.286. The molecule has 19 heavy (non-hydrogen) atoms. The third-order valence-corrected chi connectivity index (χ3v) is 3.23. The van der Waals surface area contributed by atoms with Crippen LogP contribution in [0.4, 0.5) is 9.18 Å². The number of carbonyl (C=O) groups excluding carboxylic acids is 1. The minimum Gasteiger partial charge on any atom is -0.301 e. The van der Waals surface area contributed by atoms with Crippen LogP contribution in [-0.2, 0) is 7.05 Å². The van der Waals surface area contributed by atoms with E-state index in [0.29, 0.717) is 5.56 Å². The Morgan fingerprint density at radius 1 is 1.42 bits per heavy atom. The number of aryl methyl sites for hydroxylation is 1. The van der Waals surface area contributed by atoms with Crippen LogP contribution in [0, 0.1) is 5.82 Å². The molecule has 0 aliphatic heterocycles. The van der Waals surface area contributed by atoms with Gasteiger partial charge in [0.25, 0.3) is 6.33 Å². The van der Waals surface area contributed by atoms with E-state index in [2.05, 4.69) is 0 Å². The molecule has 1 unspecified atom stereocenters. The van der Waals surface area contributed by atoms with Crippen LogP contribution in [0.5, 0.6) is 0 Å². The van der Waals surface area contributed by atoms with Gasteiger partial charge in [0.2, 0.25) is 0 Å². The molecule has 100 valence electrons. The number of nitrogens with zero attached hydrogens (tertiary/aromatic N) is 3. The van der Waals surface area contributed by atoms with Gasteiger partial charge in [0.15, 0.2) is 0 Å². The minimum atomic E-state index is -0.332. The zero-order valence-electron chi connectivity index (χ0n) is 11.2.